The number of phenols is 1. The van der Waals surface area contributed by atoms with E-state index >= 15 is 0 Å². The molecule has 0 saturated carbocycles. The molecule has 0 aliphatic carbocycles. The first-order valence-corrected chi connectivity index (χ1v) is 6.12. The van der Waals surface area contributed by atoms with Gasteiger partial charge in [-0.3, -0.25) is 0 Å². The summed E-state index contributed by atoms with van der Waals surface area (Å²) in [5.41, 5.74) is 0. The van der Waals surface area contributed by atoms with E-state index in [4.69, 9.17) is 9.47 Å². The topological polar surface area (TPSA) is 50.7 Å². The number of hydrogen-bond donors (Lipinski definition) is 2. The first-order valence-electron chi connectivity index (χ1n) is 6.12. The lowest BCUT2D eigenvalue weighted by molar-refractivity contribution is 0.166. The summed E-state index contributed by atoms with van der Waals surface area (Å²) >= 11 is 0. The Labute approximate surface area is 102 Å². The Morgan fingerprint density at radius 2 is 2.35 bits per heavy atom. The van der Waals surface area contributed by atoms with Crippen molar-refractivity contribution in [1.29, 1.82) is 0 Å². The fourth-order valence-electron chi connectivity index (χ4n) is 1.95. The third-order valence-corrected chi connectivity index (χ3v) is 2.79. The Balaban J connectivity index is 2.02. The van der Waals surface area contributed by atoms with Gasteiger partial charge < -0.3 is 19.9 Å². The normalized spacial score (nSPS) is 19.9. The zero-order valence-corrected chi connectivity index (χ0v) is 10.1. The lowest BCUT2D eigenvalue weighted by atomic mass is 10.1. The number of phenolic OH excluding ortho intramolecular Hbond substituents is 1. The van der Waals surface area contributed by atoms with E-state index in [1.165, 1.54) is 0 Å². The summed E-state index contributed by atoms with van der Waals surface area (Å²) in [7, 11) is 0. The van der Waals surface area contributed by atoms with Gasteiger partial charge in [-0.1, -0.05) is 0 Å². The van der Waals surface area contributed by atoms with Crippen molar-refractivity contribution < 1.29 is 14.6 Å². The molecule has 1 saturated heterocycles. The summed E-state index contributed by atoms with van der Waals surface area (Å²) in [6.45, 7) is 4.37. The third kappa shape index (κ3) is 3.27. The molecular formula is C13H19NO3. The molecule has 1 heterocycles. The maximum absolute atomic E-state index is 9.58. The van der Waals surface area contributed by atoms with E-state index in [0.717, 1.165) is 31.7 Å². The molecule has 4 nitrogen and oxygen atoms in total. The highest BCUT2D eigenvalue weighted by Gasteiger charge is 2.15. The van der Waals surface area contributed by atoms with E-state index in [0.29, 0.717) is 12.4 Å². The highest BCUT2D eigenvalue weighted by Crippen LogP contribution is 2.31. The second-order valence-corrected chi connectivity index (χ2v) is 4.15. The van der Waals surface area contributed by atoms with Gasteiger partial charge in [0.25, 0.3) is 0 Å². The maximum Gasteiger partial charge on any atom is 0.164 e. The SMILES string of the molecule is CCOc1cc(OC2CCCNC2)ccc1O. The summed E-state index contributed by atoms with van der Waals surface area (Å²) in [6, 6.07) is 5.12. The van der Waals surface area contributed by atoms with Gasteiger partial charge in [0.05, 0.1) is 6.61 Å². The van der Waals surface area contributed by atoms with Crippen LogP contribution in [-0.2, 0) is 0 Å². The molecule has 1 aliphatic heterocycles. The van der Waals surface area contributed by atoms with Gasteiger partial charge >= 0.3 is 0 Å². The average Bonchev–Trinajstić information content (AvgIpc) is 2.35. The smallest absolute Gasteiger partial charge is 0.164 e. The minimum Gasteiger partial charge on any atom is -0.504 e. The van der Waals surface area contributed by atoms with Crippen molar-refractivity contribution in [2.75, 3.05) is 19.7 Å². The first kappa shape index (κ1) is 12.0. The molecule has 0 spiro atoms. The minimum absolute atomic E-state index is 0.154. The molecule has 1 aromatic rings. The van der Waals surface area contributed by atoms with Crippen molar-refractivity contribution >= 4 is 0 Å². The highest BCUT2D eigenvalue weighted by molar-refractivity contribution is 5.44. The van der Waals surface area contributed by atoms with E-state index < -0.39 is 0 Å². The van der Waals surface area contributed by atoms with Crippen molar-refractivity contribution in [3.05, 3.63) is 18.2 Å². The van der Waals surface area contributed by atoms with E-state index in [1.807, 2.05) is 6.92 Å². The molecule has 1 unspecified atom stereocenters. The van der Waals surface area contributed by atoms with Crippen LogP contribution in [0.3, 0.4) is 0 Å². The van der Waals surface area contributed by atoms with Gasteiger partial charge in [-0.05, 0) is 38.4 Å². The summed E-state index contributed by atoms with van der Waals surface area (Å²) in [6.07, 6.45) is 2.42. The molecule has 0 aromatic heterocycles. The predicted octanol–water partition coefficient (Wildman–Crippen LogP) is 1.92. The quantitative estimate of drug-likeness (QED) is 0.840. The van der Waals surface area contributed by atoms with Gasteiger partial charge in [-0.2, -0.15) is 0 Å². The summed E-state index contributed by atoms with van der Waals surface area (Å²) in [4.78, 5) is 0. The van der Waals surface area contributed by atoms with Crippen molar-refractivity contribution in [1.82, 2.24) is 5.32 Å². The Bertz CT molecular complexity index is 362. The molecule has 1 aromatic carbocycles. The van der Waals surface area contributed by atoms with E-state index in [1.54, 1.807) is 18.2 Å². The second-order valence-electron chi connectivity index (χ2n) is 4.15. The Morgan fingerprint density at radius 1 is 1.47 bits per heavy atom. The van der Waals surface area contributed by atoms with E-state index in [2.05, 4.69) is 5.32 Å². The third-order valence-electron chi connectivity index (χ3n) is 2.79. The molecule has 0 bridgehead atoms. The summed E-state index contributed by atoms with van der Waals surface area (Å²) in [5, 5.41) is 12.9. The standard InChI is InChI=1S/C13H19NO3/c1-2-16-13-8-10(5-6-12(13)15)17-11-4-3-7-14-9-11/h5-6,8,11,14-15H,2-4,7,9H2,1H3. The lowest BCUT2D eigenvalue weighted by Gasteiger charge is -2.24. The molecular weight excluding hydrogens is 218 g/mol. The van der Waals surface area contributed by atoms with Gasteiger partial charge in [-0.25, -0.2) is 0 Å². The highest BCUT2D eigenvalue weighted by atomic mass is 16.5. The summed E-state index contributed by atoms with van der Waals surface area (Å²) < 4.78 is 11.2. The molecule has 0 amide bonds. The number of hydrogen-bond acceptors (Lipinski definition) is 4. The van der Waals surface area contributed by atoms with Crippen molar-refractivity contribution in [3.8, 4) is 17.2 Å². The van der Waals surface area contributed by atoms with Gasteiger partial charge in [-0.15, -0.1) is 0 Å². The molecule has 2 rings (SSSR count). The Morgan fingerprint density at radius 3 is 3.06 bits per heavy atom. The zero-order chi connectivity index (χ0) is 12.1. The molecule has 1 aliphatic rings. The Kier molecular flexibility index (Phi) is 4.09. The largest absolute Gasteiger partial charge is 0.504 e. The van der Waals surface area contributed by atoms with Gasteiger partial charge in [0.2, 0.25) is 0 Å². The van der Waals surface area contributed by atoms with E-state index in [-0.39, 0.29) is 11.9 Å². The second kappa shape index (κ2) is 5.77. The van der Waals surface area contributed by atoms with Crippen LogP contribution in [0.5, 0.6) is 17.2 Å². The molecule has 1 fully saturated rings. The van der Waals surface area contributed by atoms with Crippen molar-refractivity contribution in [2.24, 2.45) is 0 Å². The van der Waals surface area contributed by atoms with Crippen LogP contribution in [0, 0.1) is 0 Å². The number of ether oxygens (including phenoxy) is 2. The maximum atomic E-state index is 9.58. The van der Waals surface area contributed by atoms with Crippen molar-refractivity contribution in [2.45, 2.75) is 25.9 Å². The predicted molar refractivity (Wildman–Crippen MR) is 65.8 cm³/mol. The van der Waals surface area contributed by atoms with Crippen LogP contribution in [0.15, 0.2) is 18.2 Å². The van der Waals surface area contributed by atoms with Crippen LogP contribution in [0.4, 0.5) is 0 Å². The monoisotopic (exact) mass is 237 g/mol. The van der Waals surface area contributed by atoms with Gasteiger partial charge in [0, 0.05) is 12.6 Å². The number of nitrogens with one attached hydrogen (secondary N) is 1. The fraction of sp³-hybridized carbons (Fsp3) is 0.538. The van der Waals surface area contributed by atoms with E-state index in [9.17, 15) is 5.11 Å². The van der Waals surface area contributed by atoms with Crippen LogP contribution in [0.1, 0.15) is 19.8 Å². The lowest BCUT2D eigenvalue weighted by Crippen LogP contribution is -2.37. The van der Waals surface area contributed by atoms with Crippen molar-refractivity contribution in [3.63, 3.8) is 0 Å². The number of rotatable bonds is 4. The Hall–Kier alpha value is -1.42. The first-order chi connectivity index (χ1) is 8.29. The van der Waals surface area contributed by atoms with Crippen LogP contribution < -0.4 is 14.8 Å². The molecule has 0 radical (unpaired) electrons. The zero-order valence-electron chi connectivity index (χ0n) is 10.1. The van der Waals surface area contributed by atoms with Gasteiger partial charge in [0.15, 0.2) is 11.5 Å². The summed E-state index contributed by atoms with van der Waals surface area (Å²) in [5.74, 6) is 1.38. The minimum atomic E-state index is 0.154. The molecule has 2 N–H and O–H groups in total. The number of benzene rings is 1. The van der Waals surface area contributed by atoms with Crippen LogP contribution in [0.25, 0.3) is 0 Å². The fourth-order valence-corrected chi connectivity index (χ4v) is 1.95. The molecule has 4 heteroatoms. The number of piperidine rings is 1. The molecule has 94 valence electrons. The average molecular weight is 237 g/mol. The molecule has 1 atom stereocenters. The van der Waals surface area contributed by atoms with Crippen LogP contribution in [0.2, 0.25) is 0 Å². The number of aromatic hydroxyl groups is 1. The van der Waals surface area contributed by atoms with Gasteiger partial charge in [0.1, 0.15) is 11.9 Å². The van der Waals surface area contributed by atoms with Crippen LogP contribution >= 0.6 is 0 Å². The van der Waals surface area contributed by atoms with Crippen LogP contribution in [-0.4, -0.2) is 30.9 Å². The molecule has 17 heavy (non-hydrogen) atoms.